The molecule has 0 saturated carbocycles. The zero-order chi connectivity index (χ0) is 15.0. The lowest BCUT2D eigenvalue weighted by Crippen LogP contribution is -2.63. The quantitative estimate of drug-likeness (QED) is 0.846. The normalized spacial score (nSPS) is 18.9. The van der Waals surface area contributed by atoms with Crippen molar-refractivity contribution in [2.45, 2.75) is 18.9 Å². The summed E-state index contributed by atoms with van der Waals surface area (Å²) in [5, 5.41) is 3.34. The van der Waals surface area contributed by atoms with Gasteiger partial charge in [0.1, 0.15) is 0 Å². The first-order valence-corrected chi connectivity index (χ1v) is 7.09. The number of carbonyl (C=O) groups is 3. The predicted molar refractivity (Wildman–Crippen MR) is 76.9 cm³/mol. The highest BCUT2D eigenvalue weighted by Gasteiger charge is 2.42. The molecule has 0 atom stereocenters. The summed E-state index contributed by atoms with van der Waals surface area (Å²) in [6.07, 6.45) is 0.568. The summed E-state index contributed by atoms with van der Waals surface area (Å²) in [5.74, 6) is -0.273. The number of imide groups is 1. The molecule has 2 saturated heterocycles. The van der Waals surface area contributed by atoms with Gasteiger partial charge in [-0.15, -0.1) is 0 Å². The molecule has 0 spiro atoms. The van der Waals surface area contributed by atoms with Crippen LogP contribution in [0.1, 0.15) is 12.8 Å². The fraction of sp³-hybridized carbons (Fsp3) is 0.357. The van der Waals surface area contributed by atoms with Crippen molar-refractivity contribution in [1.29, 1.82) is 0 Å². The molecule has 0 aromatic heterocycles. The van der Waals surface area contributed by atoms with Crippen molar-refractivity contribution >= 4 is 35.1 Å². The van der Waals surface area contributed by atoms with Gasteiger partial charge in [0.05, 0.1) is 6.04 Å². The van der Waals surface area contributed by atoms with E-state index in [0.29, 0.717) is 23.8 Å². The minimum Gasteiger partial charge on any atom is -0.320 e. The maximum atomic E-state index is 12.0. The van der Waals surface area contributed by atoms with Crippen molar-refractivity contribution in [3.63, 3.8) is 0 Å². The molecule has 2 aliphatic rings. The third kappa shape index (κ3) is 2.71. The van der Waals surface area contributed by atoms with Gasteiger partial charge in [0.25, 0.3) is 0 Å². The maximum absolute atomic E-state index is 12.0. The number of amides is 4. The van der Waals surface area contributed by atoms with Crippen LogP contribution in [-0.2, 0) is 9.59 Å². The second-order valence-electron chi connectivity index (χ2n) is 5.15. The summed E-state index contributed by atoms with van der Waals surface area (Å²) in [7, 11) is 0. The van der Waals surface area contributed by atoms with E-state index in [2.05, 4.69) is 5.32 Å². The number of hydrogen-bond acceptors (Lipinski definition) is 3. The van der Waals surface area contributed by atoms with E-state index in [1.54, 1.807) is 29.2 Å². The standard InChI is InChI=1S/C14H14ClN3O3/c15-9-1-3-10(4-2-9)16-14(21)17-7-11(8-17)18-12(19)5-6-13(18)20/h1-4,11H,5-8H2,(H,16,21). The van der Waals surface area contributed by atoms with Crippen LogP contribution in [0.2, 0.25) is 5.02 Å². The number of carbonyl (C=O) groups excluding carboxylic acids is 3. The molecule has 3 rings (SSSR count). The first-order valence-electron chi connectivity index (χ1n) is 6.71. The van der Waals surface area contributed by atoms with Gasteiger partial charge in [-0.2, -0.15) is 0 Å². The number of urea groups is 1. The lowest BCUT2D eigenvalue weighted by Gasteiger charge is -2.42. The molecule has 4 amide bonds. The highest BCUT2D eigenvalue weighted by molar-refractivity contribution is 6.30. The van der Waals surface area contributed by atoms with E-state index < -0.39 is 0 Å². The van der Waals surface area contributed by atoms with Crippen molar-refractivity contribution in [1.82, 2.24) is 9.80 Å². The Morgan fingerprint density at radius 2 is 1.67 bits per heavy atom. The van der Waals surface area contributed by atoms with Gasteiger partial charge in [0.2, 0.25) is 11.8 Å². The van der Waals surface area contributed by atoms with Crippen molar-refractivity contribution in [2.24, 2.45) is 0 Å². The summed E-state index contributed by atoms with van der Waals surface area (Å²) in [6, 6.07) is 6.39. The molecule has 7 heteroatoms. The summed E-state index contributed by atoms with van der Waals surface area (Å²) in [5.41, 5.74) is 0.654. The van der Waals surface area contributed by atoms with Crippen molar-refractivity contribution in [2.75, 3.05) is 18.4 Å². The van der Waals surface area contributed by atoms with Crippen LogP contribution < -0.4 is 5.32 Å². The van der Waals surface area contributed by atoms with Crippen LogP contribution >= 0.6 is 11.6 Å². The van der Waals surface area contributed by atoms with Crippen LogP contribution in [0.4, 0.5) is 10.5 Å². The second-order valence-corrected chi connectivity index (χ2v) is 5.59. The molecular weight excluding hydrogens is 294 g/mol. The molecule has 1 aromatic carbocycles. The first kappa shape index (κ1) is 13.9. The van der Waals surface area contributed by atoms with E-state index in [-0.39, 0.29) is 36.7 Å². The number of halogens is 1. The number of likely N-dealkylation sites (tertiary alicyclic amines) is 2. The molecule has 0 aliphatic carbocycles. The van der Waals surface area contributed by atoms with Gasteiger partial charge >= 0.3 is 6.03 Å². The zero-order valence-corrected chi connectivity index (χ0v) is 12.0. The Hall–Kier alpha value is -2.08. The number of hydrogen-bond donors (Lipinski definition) is 1. The number of anilines is 1. The molecule has 2 heterocycles. The zero-order valence-electron chi connectivity index (χ0n) is 11.2. The Balaban J connectivity index is 1.54. The smallest absolute Gasteiger partial charge is 0.320 e. The second kappa shape index (κ2) is 5.37. The van der Waals surface area contributed by atoms with Gasteiger partial charge in [-0.3, -0.25) is 14.5 Å². The van der Waals surface area contributed by atoms with Gasteiger partial charge in [0, 0.05) is 36.6 Å². The Kier molecular flexibility index (Phi) is 3.55. The lowest BCUT2D eigenvalue weighted by molar-refractivity contribution is -0.144. The summed E-state index contributed by atoms with van der Waals surface area (Å²) >= 11 is 5.78. The Bertz CT molecular complexity index is 580. The first-order chi connectivity index (χ1) is 10.0. The van der Waals surface area contributed by atoms with Gasteiger partial charge < -0.3 is 10.2 Å². The van der Waals surface area contributed by atoms with Crippen LogP contribution in [0.25, 0.3) is 0 Å². The third-order valence-corrected chi connectivity index (χ3v) is 3.95. The van der Waals surface area contributed by atoms with Crippen molar-refractivity contribution in [3.05, 3.63) is 29.3 Å². The summed E-state index contributed by atoms with van der Waals surface area (Å²) in [6.45, 7) is 0.772. The predicted octanol–water partition coefficient (Wildman–Crippen LogP) is 1.71. The van der Waals surface area contributed by atoms with E-state index in [1.165, 1.54) is 4.90 Å². The molecule has 1 aromatic rings. The number of rotatable bonds is 2. The maximum Gasteiger partial charge on any atom is 0.321 e. The topological polar surface area (TPSA) is 69.7 Å². The molecule has 0 radical (unpaired) electrons. The molecule has 110 valence electrons. The Morgan fingerprint density at radius 3 is 2.24 bits per heavy atom. The highest BCUT2D eigenvalue weighted by atomic mass is 35.5. The van der Waals surface area contributed by atoms with E-state index >= 15 is 0 Å². The van der Waals surface area contributed by atoms with Crippen molar-refractivity contribution in [3.8, 4) is 0 Å². The van der Waals surface area contributed by atoms with E-state index in [1.807, 2.05) is 0 Å². The van der Waals surface area contributed by atoms with Crippen LogP contribution in [0.15, 0.2) is 24.3 Å². The van der Waals surface area contributed by atoms with Crippen LogP contribution in [0.5, 0.6) is 0 Å². The molecule has 1 N–H and O–H groups in total. The van der Waals surface area contributed by atoms with E-state index in [0.717, 1.165) is 0 Å². The molecular formula is C14H14ClN3O3. The molecule has 2 fully saturated rings. The number of benzene rings is 1. The van der Waals surface area contributed by atoms with Gasteiger partial charge in [-0.05, 0) is 24.3 Å². The number of nitrogens with zero attached hydrogens (tertiary/aromatic N) is 2. The molecule has 0 bridgehead atoms. The molecule has 0 unspecified atom stereocenters. The minimum atomic E-state index is -0.243. The van der Waals surface area contributed by atoms with E-state index in [4.69, 9.17) is 11.6 Å². The fourth-order valence-corrected chi connectivity index (χ4v) is 2.65. The Labute approximate surface area is 126 Å². The third-order valence-electron chi connectivity index (χ3n) is 3.70. The largest absolute Gasteiger partial charge is 0.321 e. The van der Waals surface area contributed by atoms with Gasteiger partial charge in [0.15, 0.2) is 0 Å². The van der Waals surface area contributed by atoms with Crippen molar-refractivity contribution < 1.29 is 14.4 Å². The highest BCUT2D eigenvalue weighted by Crippen LogP contribution is 2.23. The van der Waals surface area contributed by atoms with Gasteiger partial charge in [-0.1, -0.05) is 11.6 Å². The Morgan fingerprint density at radius 1 is 1.10 bits per heavy atom. The monoisotopic (exact) mass is 307 g/mol. The molecule has 21 heavy (non-hydrogen) atoms. The van der Waals surface area contributed by atoms with Crippen LogP contribution in [-0.4, -0.2) is 46.8 Å². The lowest BCUT2D eigenvalue weighted by atomic mass is 10.1. The van der Waals surface area contributed by atoms with Gasteiger partial charge in [-0.25, -0.2) is 4.79 Å². The SMILES string of the molecule is O=C(Nc1ccc(Cl)cc1)N1CC(N2C(=O)CCC2=O)C1. The molecule has 2 aliphatic heterocycles. The number of nitrogens with one attached hydrogen (secondary N) is 1. The molecule has 6 nitrogen and oxygen atoms in total. The minimum absolute atomic E-state index is 0.136. The fourth-order valence-electron chi connectivity index (χ4n) is 2.52. The average Bonchev–Trinajstić information content (AvgIpc) is 2.72. The summed E-state index contributed by atoms with van der Waals surface area (Å²) in [4.78, 5) is 38.0. The summed E-state index contributed by atoms with van der Waals surface area (Å²) < 4.78 is 0. The van der Waals surface area contributed by atoms with Crippen LogP contribution in [0, 0.1) is 0 Å². The van der Waals surface area contributed by atoms with E-state index in [9.17, 15) is 14.4 Å². The average molecular weight is 308 g/mol. The van der Waals surface area contributed by atoms with Crippen LogP contribution in [0.3, 0.4) is 0 Å².